The summed E-state index contributed by atoms with van der Waals surface area (Å²) in [6.07, 6.45) is 4.39. The van der Waals surface area contributed by atoms with Gasteiger partial charge in [-0.1, -0.05) is 13.8 Å². The highest BCUT2D eigenvalue weighted by Gasteiger charge is 2.03. The van der Waals surface area contributed by atoms with Crippen molar-refractivity contribution in [1.29, 1.82) is 0 Å². The second-order valence-corrected chi connectivity index (χ2v) is 6.00. The molecule has 19 heavy (non-hydrogen) atoms. The fourth-order valence-electron chi connectivity index (χ4n) is 1.72. The predicted molar refractivity (Wildman–Crippen MR) is 82.5 cm³/mol. The third-order valence-corrected chi connectivity index (χ3v) is 3.35. The van der Waals surface area contributed by atoms with Gasteiger partial charge in [0.25, 0.3) is 0 Å². The summed E-state index contributed by atoms with van der Waals surface area (Å²) < 4.78 is 0. The molecule has 0 saturated carbocycles. The monoisotopic (exact) mass is 271 g/mol. The van der Waals surface area contributed by atoms with Crippen molar-refractivity contribution < 1.29 is 4.79 Å². The van der Waals surface area contributed by atoms with Crippen LogP contribution >= 0.6 is 0 Å². The van der Waals surface area contributed by atoms with Gasteiger partial charge in [-0.05, 0) is 59.0 Å². The topological polar surface area (TPSA) is 44.4 Å². The zero-order valence-corrected chi connectivity index (χ0v) is 13.5. The quantitative estimate of drug-likeness (QED) is 0.600. The SMILES string of the molecule is CC(C)CCCNC(=O)NCCCCN(C)C(C)C. The zero-order valence-electron chi connectivity index (χ0n) is 13.5. The van der Waals surface area contributed by atoms with Crippen LogP contribution in [-0.4, -0.2) is 43.7 Å². The Kier molecular flexibility index (Phi) is 10.6. The number of hydrogen-bond acceptors (Lipinski definition) is 2. The molecule has 0 heterocycles. The van der Waals surface area contributed by atoms with Crippen LogP contribution in [0.1, 0.15) is 53.4 Å². The predicted octanol–water partition coefficient (Wildman–Crippen LogP) is 2.84. The van der Waals surface area contributed by atoms with E-state index in [1.807, 2.05) is 0 Å². The van der Waals surface area contributed by atoms with E-state index in [1.54, 1.807) is 0 Å². The maximum atomic E-state index is 11.5. The number of nitrogens with one attached hydrogen (secondary N) is 2. The Bertz CT molecular complexity index is 229. The summed E-state index contributed by atoms with van der Waals surface area (Å²) in [4.78, 5) is 13.8. The number of hydrogen-bond donors (Lipinski definition) is 2. The molecule has 2 amide bonds. The van der Waals surface area contributed by atoms with Gasteiger partial charge in [-0.3, -0.25) is 0 Å². The number of urea groups is 1. The Morgan fingerprint density at radius 1 is 1.00 bits per heavy atom. The molecule has 0 bridgehead atoms. The van der Waals surface area contributed by atoms with Crippen molar-refractivity contribution in [3.63, 3.8) is 0 Å². The number of carbonyl (C=O) groups excluding carboxylic acids is 1. The lowest BCUT2D eigenvalue weighted by Gasteiger charge is -2.20. The molecule has 0 atom stereocenters. The minimum Gasteiger partial charge on any atom is -0.338 e. The summed E-state index contributed by atoms with van der Waals surface area (Å²) in [6.45, 7) is 11.4. The van der Waals surface area contributed by atoms with Gasteiger partial charge in [0.15, 0.2) is 0 Å². The van der Waals surface area contributed by atoms with E-state index >= 15 is 0 Å². The molecule has 0 fully saturated rings. The summed E-state index contributed by atoms with van der Waals surface area (Å²) in [6, 6.07) is 0.568. The number of rotatable bonds is 10. The highest BCUT2D eigenvalue weighted by molar-refractivity contribution is 5.73. The highest BCUT2D eigenvalue weighted by Crippen LogP contribution is 2.01. The van der Waals surface area contributed by atoms with E-state index in [4.69, 9.17) is 0 Å². The Labute approximate surface area is 119 Å². The van der Waals surface area contributed by atoms with Gasteiger partial charge < -0.3 is 15.5 Å². The molecule has 0 aromatic heterocycles. The van der Waals surface area contributed by atoms with Gasteiger partial charge in [0, 0.05) is 19.1 Å². The highest BCUT2D eigenvalue weighted by atomic mass is 16.2. The molecule has 0 unspecified atom stereocenters. The van der Waals surface area contributed by atoms with Gasteiger partial charge in [-0.25, -0.2) is 4.79 Å². The van der Waals surface area contributed by atoms with E-state index in [0.717, 1.165) is 38.9 Å². The average Bonchev–Trinajstić information content (AvgIpc) is 2.33. The van der Waals surface area contributed by atoms with Gasteiger partial charge in [-0.15, -0.1) is 0 Å². The molecule has 0 rings (SSSR count). The van der Waals surface area contributed by atoms with Crippen LogP contribution in [-0.2, 0) is 0 Å². The van der Waals surface area contributed by atoms with Crippen LogP contribution in [0.15, 0.2) is 0 Å². The molecule has 4 nitrogen and oxygen atoms in total. The molecule has 114 valence electrons. The first-order valence-corrected chi connectivity index (χ1v) is 7.65. The molecule has 0 aliphatic heterocycles. The van der Waals surface area contributed by atoms with Crippen LogP contribution in [0.2, 0.25) is 0 Å². The summed E-state index contributed by atoms with van der Waals surface area (Å²) in [5.41, 5.74) is 0. The van der Waals surface area contributed by atoms with E-state index in [9.17, 15) is 4.79 Å². The molecule has 0 aromatic rings. The maximum Gasteiger partial charge on any atom is 0.314 e. The van der Waals surface area contributed by atoms with Gasteiger partial charge >= 0.3 is 6.03 Å². The van der Waals surface area contributed by atoms with Gasteiger partial charge in [0.2, 0.25) is 0 Å². The van der Waals surface area contributed by atoms with Crippen LogP contribution in [0.4, 0.5) is 4.79 Å². The van der Waals surface area contributed by atoms with Crippen molar-refractivity contribution in [3.05, 3.63) is 0 Å². The first kappa shape index (κ1) is 18.2. The smallest absolute Gasteiger partial charge is 0.314 e. The maximum absolute atomic E-state index is 11.5. The lowest BCUT2D eigenvalue weighted by atomic mass is 10.1. The van der Waals surface area contributed by atoms with Crippen molar-refractivity contribution in [2.45, 2.75) is 59.4 Å². The largest absolute Gasteiger partial charge is 0.338 e. The fourth-order valence-corrected chi connectivity index (χ4v) is 1.72. The van der Waals surface area contributed by atoms with Crippen LogP contribution in [0.3, 0.4) is 0 Å². The number of unbranched alkanes of at least 4 members (excludes halogenated alkanes) is 1. The summed E-state index contributed by atoms with van der Waals surface area (Å²) >= 11 is 0. The Morgan fingerprint density at radius 2 is 1.58 bits per heavy atom. The van der Waals surface area contributed by atoms with Gasteiger partial charge in [-0.2, -0.15) is 0 Å². The van der Waals surface area contributed by atoms with Crippen LogP contribution in [0.25, 0.3) is 0 Å². The minimum absolute atomic E-state index is 0.0269. The van der Waals surface area contributed by atoms with Crippen LogP contribution in [0, 0.1) is 5.92 Å². The second-order valence-electron chi connectivity index (χ2n) is 6.00. The molecule has 0 radical (unpaired) electrons. The van der Waals surface area contributed by atoms with Gasteiger partial charge in [0.05, 0.1) is 0 Å². The summed E-state index contributed by atoms with van der Waals surface area (Å²) in [5.74, 6) is 0.711. The molecule has 0 aliphatic carbocycles. The summed E-state index contributed by atoms with van der Waals surface area (Å²) in [7, 11) is 2.14. The fraction of sp³-hybridized carbons (Fsp3) is 0.933. The van der Waals surface area contributed by atoms with Crippen molar-refractivity contribution >= 4 is 6.03 Å². The summed E-state index contributed by atoms with van der Waals surface area (Å²) in [5, 5.41) is 5.80. The molecule has 4 heteroatoms. The lowest BCUT2D eigenvalue weighted by Crippen LogP contribution is -2.37. The molecule has 0 spiro atoms. The Balaban J connectivity index is 3.34. The Morgan fingerprint density at radius 3 is 2.11 bits per heavy atom. The third kappa shape index (κ3) is 12.0. The van der Waals surface area contributed by atoms with E-state index in [2.05, 4.69) is 50.3 Å². The van der Waals surface area contributed by atoms with Crippen molar-refractivity contribution in [1.82, 2.24) is 15.5 Å². The number of nitrogens with zero attached hydrogens (tertiary/aromatic N) is 1. The lowest BCUT2D eigenvalue weighted by molar-refractivity contribution is 0.239. The molecule has 0 saturated heterocycles. The first-order valence-electron chi connectivity index (χ1n) is 7.65. The Hall–Kier alpha value is -0.770. The van der Waals surface area contributed by atoms with E-state index in [1.165, 1.54) is 6.42 Å². The number of carbonyl (C=O) groups is 1. The third-order valence-electron chi connectivity index (χ3n) is 3.35. The van der Waals surface area contributed by atoms with Crippen molar-refractivity contribution in [2.24, 2.45) is 5.92 Å². The van der Waals surface area contributed by atoms with E-state index in [0.29, 0.717) is 12.0 Å². The normalized spacial score (nSPS) is 11.4. The van der Waals surface area contributed by atoms with Gasteiger partial charge in [0.1, 0.15) is 0 Å². The molecular weight excluding hydrogens is 238 g/mol. The van der Waals surface area contributed by atoms with E-state index < -0.39 is 0 Å². The number of amides is 2. The molecule has 2 N–H and O–H groups in total. The van der Waals surface area contributed by atoms with Crippen LogP contribution in [0.5, 0.6) is 0 Å². The van der Waals surface area contributed by atoms with Crippen molar-refractivity contribution in [3.8, 4) is 0 Å². The van der Waals surface area contributed by atoms with Crippen LogP contribution < -0.4 is 10.6 Å². The van der Waals surface area contributed by atoms with Crippen molar-refractivity contribution in [2.75, 3.05) is 26.7 Å². The molecule has 0 aromatic carbocycles. The standard InChI is InChI=1S/C15H33N3O/c1-13(2)9-8-11-17-15(19)16-10-6-7-12-18(5)14(3)4/h13-14H,6-12H2,1-5H3,(H2,16,17,19). The molecular formula is C15H33N3O. The minimum atomic E-state index is -0.0269. The molecule has 0 aliphatic rings. The van der Waals surface area contributed by atoms with E-state index in [-0.39, 0.29) is 6.03 Å². The second kappa shape index (κ2) is 11.1. The average molecular weight is 271 g/mol. The first-order chi connectivity index (χ1) is 8.93. The zero-order chi connectivity index (χ0) is 14.7.